The second-order valence-corrected chi connectivity index (χ2v) is 7.21. The number of ether oxygens (including phenoxy) is 3. The van der Waals surface area contributed by atoms with Gasteiger partial charge in [-0.15, -0.1) is 0 Å². The Hall–Kier alpha value is -3.74. The Kier molecular flexibility index (Phi) is 6.44. The SMILES string of the molecule is CCOc1ccc(CCNC(=O)c2cc3cc4cc(OC)ccc4nc3o2)cc1OCC. The van der Waals surface area contributed by atoms with E-state index in [1.165, 1.54) is 0 Å². The first kappa shape index (κ1) is 21.5. The third kappa shape index (κ3) is 4.61. The second kappa shape index (κ2) is 9.60. The number of nitrogens with one attached hydrogen (secondary N) is 1. The van der Waals surface area contributed by atoms with Crippen LogP contribution in [-0.4, -0.2) is 37.8 Å². The lowest BCUT2D eigenvalue weighted by Crippen LogP contribution is -2.25. The van der Waals surface area contributed by atoms with E-state index in [0.717, 1.165) is 33.4 Å². The Morgan fingerprint density at radius 2 is 1.78 bits per heavy atom. The zero-order valence-electron chi connectivity index (χ0n) is 18.4. The molecule has 0 fully saturated rings. The van der Waals surface area contributed by atoms with E-state index in [4.69, 9.17) is 18.6 Å². The van der Waals surface area contributed by atoms with Crippen molar-refractivity contribution in [1.82, 2.24) is 10.3 Å². The minimum atomic E-state index is -0.277. The summed E-state index contributed by atoms with van der Waals surface area (Å²) in [4.78, 5) is 17.1. The first-order chi connectivity index (χ1) is 15.6. The molecule has 32 heavy (non-hydrogen) atoms. The summed E-state index contributed by atoms with van der Waals surface area (Å²) >= 11 is 0. The van der Waals surface area contributed by atoms with Crippen LogP contribution >= 0.6 is 0 Å². The van der Waals surface area contributed by atoms with Crippen molar-refractivity contribution < 1.29 is 23.4 Å². The average molecular weight is 434 g/mol. The van der Waals surface area contributed by atoms with Crippen molar-refractivity contribution in [2.75, 3.05) is 26.9 Å². The van der Waals surface area contributed by atoms with Crippen LogP contribution in [0.25, 0.3) is 22.0 Å². The van der Waals surface area contributed by atoms with Gasteiger partial charge in [-0.2, -0.15) is 0 Å². The molecule has 0 saturated heterocycles. The summed E-state index contributed by atoms with van der Waals surface area (Å²) in [5.74, 6) is 2.14. The average Bonchev–Trinajstić information content (AvgIpc) is 3.22. The standard InChI is InChI=1S/C25H26N2O5/c1-4-30-21-9-6-16(12-22(21)31-5-2)10-11-26-24(28)23-15-18-13-17-14-19(29-3)7-8-20(17)27-25(18)32-23/h6-9,12-15H,4-5,10-11H2,1-3H3,(H,26,28). The lowest BCUT2D eigenvalue weighted by Gasteiger charge is -2.12. The monoisotopic (exact) mass is 434 g/mol. The number of rotatable bonds is 9. The number of nitrogens with zero attached hydrogens (tertiary/aromatic N) is 1. The second-order valence-electron chi connectivity index (χ2n) is 7.21. The van der Waals surface area contributed by atoms with Crippen LogP contribution in [0.4, 0.5) is 0 Å². The zero-order chi connectivity index (χ0) is 22.5. The lowest BCUT2D eigenvalue weighted by molar-refractivity contribution is 0.0928. The molecule has 0 radical (unpaired) electrons. The quantitative estimate of drug-likeness (QED) is 0.409. The van der Waals surface area contributed by atoms with Crippen molar-refractivity contribution in [3.8, 4) is 17.2 Å². The van der Waals surface area contributed by atoms with Crippen LogP contribution in [0.15, 0.2) is 52.9 Å². The van der Waals surface area contributed by atoms with Gasteiger partial charge in [-0.05, 0) is 68.3 Å². The molecule has 0 atom stereocenters. The minimum absolute atomic E-state index is 0.233. The predicted octanol–water partition coefficient (Wildman–Crippen LogP) is 4.76. The number of hydrogen-bond acceptors (Lipinski definition) is 6. The number of carbonyl (C=O) groups is 1. The van der Waals surface area contributed by atoms with Gasteiger partial charge < -0.3 is 23.9 Å². The van der Waals surface area contributed by atoms with E-state index in [1.807, 2.05) is 56.3 Å². The van der Waals surface area contributed by atoms with Crippen molar-refractivity contribution in [2.45, 2.75) is 20.3 Å². The Morgan fingerprint density at radius 1 is 0.969 bits per heavy atom. The van der Waals surface area contributed by atoms with E-state index in [0.29, 0.717) is 37.6 Å². The van der Waals surface area contributed by atoms with Crippen LogP contribution in [-0.2, 0) is 6.42 Å². The highest BCUT2D eigenvalue weighted by Gasteiger charge is 2.14. The molecule has 2 aromatic carbocycles. The molecular formula is C25H26N2O5. The van der Waals surface area contributed by atoms with Crippen molar-refractivity contribution >= 4 is 27.9 Å². The van der Waals surface area contributed by atoms with E-state index in [9.17, 15) is 4.79 Å². The van der Waals surface area contributed by atoms with Gasteiger partial charge in [0.25, 0.3) is 5.91 Å². The number of furan rings is 1. The van der Waals surface area contributed by atoms with Gasteiger partial charge in [0.05, 0.1) is 25.8 Å². The van der Waals surface area contributed by atoms with E-state index in [2.05, 4.69) is 10.3 Å². The Bertz CT molecular complexity index is 1250. The molecule has 4 rings (SSSR count). The number of fused-ring (bicyclic) bond motifs is 2. The van der Waals surface area contributed by atoms with E-state index in [-0.39, 0.29) is 11.7 Å². The molecule has 0 aliphatic heterocycles. The Morgan fingerprint density at radius 3 is 2.56 bits per heavy atom. The summed E-state index contributed by atoms with van der Waals surface area (Å²) in [7, 11) is 1.62. The van der Waals surface area contributed by atoms with Gasteiger partial charge in [0.1, 0.15) is 5.75 Å². The van der Waals surface area contributed by atoms with Crippen molar-refractivity contribution in [3.05, 3.63) is 59.9 Å². The number of pyridine rings is 1. The molecule has 2 heterocycles. The molecule has 0 unspecified atom stereocenters. The van der Waals surface area contributed by atoms with Gasteiger partial charge in [-0.1, -0.05) is 6.07 Å². The minimum Gasteiger partial charge on any atom is -0.497 e. The van der Waals surface area contributed by atoms with Gasteiger partial charge in [0.15, 0.2) is 17.3 Å². The van der Waals surface area contributed by atoms with E-state index >= 15 is 0 Å². The number of methoxy groups -OCH3 is 1. The molecule has 0 bridgehead atoms. The molecular weight excluding hydrogens is 408 g/mol. The van der Waals surface area contributed by atoms with Gasteiger partial charge in [-0.25, -0.2) is 4.98 Å². The van der Waals surface area contributed by atoms with Gasteiger partial charge in [0.2, 0.25) is 5.71 Å². The lowest BCUT2D eigenvalue weighted by atomic mass is 10.1. The molecule has 1 N–H and O–H groups in total. The summed E-state index contributed by atoms with van der Waals surface area (Å²) in [6, 6.07) is 15.1. The smallest absolute Gasteiger partial charge is 0.287 e. The van der Waals surface area contributed by atoms with Gasteiger partial charge in [0, 0.05) is 17.3 Å². The first-order valence-electron chi connectivity index (χ1n) is 10.7. The van der Waals surface area contributed by atoms with Crippen LogP contribution < -0.4 is 19.5 Å². The van der Waals surface area contributed by atoms with Crippen LogP contribution in [0.5, 0.6) is 17.2 Å². The van der Waals surface area contributed by atoms with Gasteiger partial charge in [-0.3, -0.25) is 4.79 Å². The maximum atomic E-state index is 12.6. The number of benzene rings is 2. The topological polar surface area (TPSA) is 82.8 Å². The molecule has 0 saturated carbocycles. The van der Waals surface area contributed by atoms with Crippen molar-refractivity contribution in [2.24, 2.45) is 0 Å². The highest BCUT2D eigenvalue weighted by Crippen LogP contribution is 2.29. The maximum absolute atomic E-state index is 12.6. The molecule has 0 aliphatic carbocycles. The normalized spacial score (nSPS) is 11.0. The Balaban J connectivity index is 1.43. The molecule has 0 spiro atoms. The highest BCUT2D eigenvalue weighted by atomic mass is 16.5. The molecule has 7 heteroatoms. The first-order valence-corrected chi connectivity index (χ1v) is 10.7. The highest BCUT2D eigenvalue weighted by molar-refractivity contribution is 5.98. The third-order valence-electron chi connectivity index (χ3n) is 5.04. The zero-order valence-corrected chi connectivity index (χ0v) is 18.4. The van der Waals surface area contributed by atoms with Crippen molar-refractivity contribution in [3.63, 3.8) is 0 Å². The molecule has 0 aliphatic rings. The number of aromatic nitrogens is 1. The van der Waals surface area contributed by atoms with Crippen molar-refractivity contribution in [1.29, 1.82) is 0 Å². The summed E-state index contributed by atoms with van der Waals surface area (Å²) in [6.45, 7) is 5.46. The largest absolute Gasteiger partial charge is 0.497 e. The summed E-state index contributed by atoms with van der Waals surface area (Å²) in [6.07, 6.45) is 0.653. The molecule has 1 amide bonds. The fourth-order valence-electron chi connectivity index (χ4n) is 3.51. The summed E-state index contributed by atoms with van der Waals surface area (Å²) in [5.41, 5.74) is 2.25. The Labute approximate surface area is 186 Å². The molecule has 2 aromatic heterocycles. The van der Waals surface area contributed by atoms with Crippen LogP contribution in [0.2, 0.25) is 0 Å². The van der Waals surface area contributed by atoms with E-state index in [1.54, 1.807) is 13.2 Å². The van der Waals surface area contributed by atoms with Gasteiger partial charge >= 0.3 is 0 Å². The number of carbonyl (C=O) groups excluding carboxylic acids is 1. The maximum Gasteiger partial charge on any atom is 0.287 e. The summed E-state index contributed by atoms with van der Waals surface area (Å²) < 4.78 is 22.2. The molecule has 4 aromatic rings. The van der Waals surface area contributed by atoms with Crippen LogP contribution in [0.1, 0.15) is 30.0 Å². The predicted molar refractivity (Wildman–Crippen MR) is 123 cm³/mol. The number of amides is 1. The fourth-order valence-corrected chi connectivity index (χ4v) is 3.51. The van der Waals surface area contributed by atoms with E-state index < -0.39 is 0 Å². The fraction of sp³-hybridized carbons (Fsp3) is 0.280. The summed E-state index contributed by atoms with van der Waals surface area (Å²) in [5, 5.41) is 4.60. The number of hydrogen-bond donors (Lipinski definition) is 1. The van der Waals surface area contributed by atoms with Crippen LogP contribution in [0.3, 0.4) is 0 Å². The molecule has 166 valence electrons. The third-order valence-corrected chi connectivity index (χ3v) is 5.04. The van der Waals surface area contributed by atoms with Crippen LogP contribution in [0, 0.1) is 0 Å². The molecule has 7 nitrogen and oxygen atoms in total.